The van der Waals surface area contributed by atoms with Crippen molar-refractivity contribution < 1.29 is 12.8 Å². The highest BCUT2D eigenvalue weighted by Gasteiger charge is 2.22. The van der Waals surface area contributed by atoms with Gasteiger partial charge in [-0.25, -0.2) is 17.5 Å². The second-order valence-corrected chi connectivity index (χ2v) is 6.82. The fourth-order valence-electron chi connectivity index (χ4n) is 1.80. The molecule has 0 aliphatic carbocycles. The van der Waals surface area contributed by atoms with Crippen LogP contribution in [0, 0.1) is 12.7 Å². The molecule has 1 rings (SSSR count). The lowest BCUT2D eigenvalue weighted by molar-refractivity contribution is 0.516. The number of unbranched alkanes of at least 4 members (excludes halogenated alkanes) is 1. The molecule has 0 radical (unpaired) electrons. The molecule has 0 amide bonds. The smallest absolute Gasteiger partial charge is 0.242 e. The molecule has 0 aromatic heterocycles. The van der Waals surface area contributed by atoms with Crippen LogP contribution < -0.4 is 10.5 Å². The number of hydrogen-bond donors (Lipinski definition) is 2. The summed E-state index contributed by atoms with van der Waals surface area (Å²) < 4.78 is 40.4. The number of hydrogen-bond acceptors (Lipinski definition) is 3. The molecule has 3 N–H and O–H groups in total. The Morgan fingerprint density at radius 3 is 2.57 bits per heavy atom. The van der Waals surface area contributed by atoms with Crippen LogP contribution in [-0.2, 0) is 10.0 Å². The fourth-order valence-corrected chi connectivity index (χ4v) is 3.68. The summed E-state index contributed by atoms with van der Waals surface area (Å²) >= 11 is 5.83. The molecular weight excluding hydrogens is 338 g/mol. The molecule has 0 aliphatic heterocycles. The summed E-state index contributed by atoms with van der Waals surface area (Å²) in [5.74, 6) is -0.532. The Kier molecular flexibility index (Phi) is 8.73. The van der Waals surface area contributed by atoms with E-state index in [0.29, 0.717) is 6.42 Å². The van der Waals surface area contributed by atoms with Gasteiger partial charge >= 0.3 is 0 Å². The summed E-state index contributed by atoms with van der Waals surface area (Å²) in [6.07, 6.45) is 2.49. The number of rotatable bonds is 7. The van der Waals surface area contributed by atoms with Gasteiger partial charge in [-0.2, -0.15) is 0 Å². The van der Waals surface area contributed by atoms with Gasteiger partial charge in [-0.3, -0.25) is 0 Å². The first kappa shape index (κ1) is 20.6. The molecule has 0 spiro atoms. The quantitative estimate of drug-likeness (QED) is 0.786. The van der Waals surface area contributed by atoms with Crippen LogP contribution in [0.4, 0.5) is 4.39 Å². The van der Waals surface area contributed by atoms with Crippen LogP contribution in [0.5, 0.6) is 0 Å². The third kappa shape index (κ3) is 5.71. The van der Waals surface area contributed by atoms with Crippen molar-refractivity contribution in [2.45, 2.75) is 44.0 Å². The monoisotopic (exact) mass is 358 g/mol. The van der Waals surface area contributed by atoms with Crippen molar-refractivity contribution in [2.75, 3.05) is 6.54 Å². The summed E-state index contributed by atoms with van der Waals surface area (Å²) in [4.78, 5) is -0.118. The summed E-state index contributed by atoms with van der Waals surface area (Å²) in [5, 5.41) is -0.133. The van der Waals surface area contributed by atoms with Crippen LogP contribution in [0.2, 0.25) is 5.02 Å². The molecule has 8 heteroatoms. The maximum atomic E-state index is 13.3. The highest BCUT2D eigenvalue weighted by atomic mass is 35.5. The van der Waals surface area contributed by atoms with E-state index < -0.39 is 15.8 Å². The highest BCUT2D eigenvalue weighted by Crippen LogP contribution is 2.25. The number of halogens is 3. The largest absolute Gasteiger partial charge is 0.329 e. The first-order chi connectivity index (χ1) is 9.31. The van der Waals surface area contributed by atoms with Gasteiger partial charge in [-0.15, -0.1) is 12.4 Å². The van der Waals surface area contributed by atoms with Gasteiger partial charge in [-0.1, -0.05) is 31.4 Å². The lowest BCUT2D eigenvalue weighted by atomic mass is 10.1. The Morgan fingerprint density at radius 1 is 1.43 bits per heavy atom. The second-order valence-electron chi connectivity index (χ2n) is 4.73. The first-order valence-electron chi connectivity index (χ1n) is 6.49. The predicted molar refractivity (Wildman–Crippen MR) is 86.1 cm³/mol. The molecule has 0 fully saturated rings. The van der Waals surface area contributed by atoms with Crippen molar-refractivity contribution in [2.24, 2.45) is 5.73 Å². The number of sulfonamides is 1. The standard InChI is InChI=1S/C13H20ClFN2O2S.ClH/c1-3-4-5-10(8-16)17-20(18,19)13-6-9(2)12(15)7-11(13)14;/h6-7,10,17H,3-5,8,16H2,1-2H3;1H. The predicted octanol–water partition coefficient (Wildman–Crippen LogP) is 3.01. The number of nitrogens with one attached hydrogen (secondary N) is 1. The van der Waals surface area contributed by atoms with Crippen LogP contribution in [0.25, 0.3) is 0 Å². The topological polar surface area (TPSA) is 72.2 Å². The minimum Gasteiger partial charge on any atom is -0.329 e. The van der Waals surface area contributed by atoms with E-state index in [1.54, 1.807) is 0 Å². The molecule has 1 aromatic carbocycles. The minimum atomic E-state index is -3.80. The molecule has 0 saturated carbocycles. The maximum absolute atomic E-state index is 13.3. The van der Waals surface area contributed by atoms with E-state index in [9.17, 15) is 12.8 Å². The molecule has 21 heavy (non-hydrogen) atoms. The van der Waals surface area contributed by atoms with Crippen molar-refractivity contribution in [3.63, 3.8) is 0 Å². The Bertz CT molecular complexity index is 568. The molecule has 4 nitrogen and oxygen atoms in total. The Labute approximate surface area is 136 Å². The average molecular weight is 359 g/mol. The summed E-state index contributed by atoms with van der Waals surface area (Å²) in [7, 11) is -3.80. The molecule has 0 saturated heterocycles. The third-order valence-electron chi connectivity index (χ3n) is 3.02. The van der Waals surface area contributed by atoms with Crippen LogP contribution >= 0.6 is 24.0 Å². The molecular formula is C13H21Cl2FN2O2S. The lowest BCUT2D eigenvalue weighted by Gasteiger charge is -2.17. The Balaban J connectivity index is 0.00000400. The minimum absolute atomic E-state index is 0. The highest BCUT2D eigenvalue weighted by molar-refractivity contribution is 7.89. The second kappa shape index (κ2) is 8.90. The molecule has 1 aromatic rings. The van der Waals surface area contributed by atoms with Crippen molar-refractivity contribution in [1.82, 2.24) is 4.72 Å². The van der Waals surface area contributed by atoms with E-state index in [1.165, 1.54) is 13.0 Å². The van der Waals surface area contributed by atoms with Crippen molar-refractivity contribution in [1.29, 1.82) is 0 Å². The van der Waals surface area contributed by atoms with Crippen LogP contribution in [0.15, 0.2) is 17.0 Å². The number of benzene rings is 1. The van der Waals surface area contributed by atoms with E-state index in [0.717, 1.165) is 18.9 Å². The van der Waals surface area contributed by atoms with Crippen molar-refractivity contribution in [3.05, 3.63) is 28.5 Å². The van der Waals surface area contributed by atoms with Crippen molar-refractivity contribution in [3.8, 4) is 0 Å². The Hall–Kier alpha value is -0.400. The number of aryl methyl sites for hydroxylation is 1. The normalized spacial score (nSPS) is 12.8. The van der Waals surface area contributed by atoms with Gasteiger partial charge < -0.3 is 5.73 Å². The van der Waals surface area contributed by atoms with Crippen molar-refractivity contribution >= 4 is 34.0 Å². The maximum Gasteiger partial charge on any atom is 0.242 e. The zero-order chi connectivity index (χ0) is 15.3. The SMILES string of the molecule is CCCCC(CN)NS(=O)(=O)c1cc(C)c(F)cc1Cl.Cl. The van der Waals surface area contributed by atoms with Gasteiger partial charge in [0.25, 0.3) is 0 Å². The molecule has 1 unspecified atom stereocenters. The van der Waals surface area contributed by atoms with Crippen LogP contribution in [-0.4, -0.2) is 21.0 Å². The molecule has 0 aliphatic rings. The van der Waals surface area contributed by atoms with E-state index in [2.05, 4.69) is 4.72 Å². The summed E-state index contributed by atoms with van der Waals surface area (Å²) in [6, 6.07) is 1.89. The average Bonchev–Trinajstić information content (AvgIpc) is 2.38. The summed E-state index contributed by atoms with van der Waals surface area (Å²) in [5.41, 5.74) is 5.80. The van der Waals surface area contributed by atoms with E-state index >= 15 is 0 Å². The van der Waals surface area contributed by atoms with Gasteiger partial charge in [0.1, 0.15) is 10.7 Å². The molecule has 0 heterocycles. The first-order valence-corrected chi connectivity index (χ1v) is 8.36. The molecule has 0 bridgehead atoms. The van der Waals surface area contributed by atoms with Gasteiger partial charge in [-0.05, 0) is 31.0 Å². The summed E-state index contributed by atoms with van der Waals surface area (Å²) in [6.45, 7) is 3.71. The van der Waals surface area contributed by atoms with Gasteiger partial charge in [0.15, 0.2) is 0 Å². The molecule has 1 atom stereocenters. The Morgan fingerprint density at radius 2 is 2.05 bits per heavy atom. The zero-order valence-corrected chi connectivity index (χ0v) is 14.4. The van der Waals surface area contributed by atoms with E-state index in [-0.39, 0.29) is 40.5 Å². The number of nitrogens with two attached hydrogens (primary N) is 1. The van der Waals surface area contributed by atoms with E-state index in [4.69, 9.17) is 17.3 Å². The fraction of sp³-hybridized carbons (Fsp3) is 0.538. The lowest BCUT2D eigenvalue weighted by Crippen LogP contribution is -2.40. The van der Waals surface area contributed by atoms with Gasteiger partial charge in [0.05, 0.1) is 5.02 Å². The molecule has 122 valence electrons. The van der Waals surface area contributed by atoms with Crippen LogP contribution in [0.3, 0.4) is 0 Å². The van der Waals surface area contributed by atoms with Gasteiger partial charge in [0, 0.05) is 12.6 Å². The third-order valence-corrected chi connectivity index (χ3v) is 5.00. The van der Waals surface area contributed by atoms with E-state index in [1.807, 2.05) is 6.92 Å². The zero-order valence-electron chi connectivity index (χ0n) is 12.0. The van der Waals surface area contributed by atoms with Gasteiger partial charge in [0.2, 0.25) is 10.0 Å². The van der Waals surface area contributed by atoms with Crippen LogP contribution in [0.1, 0.15) is 31.7 Å².